The van der Waals surface area contributed by atoms with Gasteiger partial charge in [0.15, 0.2) is 5.01 Å². The number of halogens is 1. The van der Waals surface area contributed by atoms with E-state index in [1.807, 2.05) is 13.1 Å². The monoisotopic (exact) mass is 268 g/mol. The van der Waals surface area contributed by atoms with Gasteiger partial charge in [0.25, 0.3) is 0 Å². The summed E-state index contributed by atoms with van der Waals surface area (Å²) >= 11 is 7.35. The van der Waals surface area contributed by atoms with E-state index in [2.05, 4.69) is 27.4 Å². The van der Waals surface area contributed by atoms with E-state index in [9.17, 15) is 0 Å². The second-order valence-electron chi connectivity index (χ2n) is 3.56. The average Bonchev–Trinajstić information content (AvgIpc) is 2.81. The van der Waals surface area contributed by atoms with Gasteiger partial charge in [-0.15, -0.1) is 10.2 Å². The van der Waals surface area contributed by atoms with Crippen molar-refractivity contribution >= 4 is 22.9 Å². The van der Waals surface area contributed by atoms with Crippen LogP contribution in [0.4, 0.5) is 0 Å². The van der Waals surface area contributed by atoms with Crippen LogP contribution in [0.25, 0.3) is 10.7 Å². The molecule has 2 rings (SSSR count). The average molecular weight is 269 g/mol. The lowest BCUT2D eigenvalue weighted by atomic mass is 10.2. The van der Waals surface area contributed by atoms with Gasteiger partial charge in [-0.2, -0.15) is 0 Å². The Morgan fingerprint density at radius 1 is 1.41 bits per heavy atom. The van der Waals surface area contributed by atoms with Gasteiger partial charge in [0, 0.05) is 6.20 Å². The molecule has 90 valence electrons. The molecule has 1 atom stereocenters. The van der Waals surface area contributed by atoms with Crippen molar-refractivity contribution in [2.24, 2.45) is 0 Å². The Hall–Kier alpha value is -1.04. The van der Waals surface area contributed by atoms with E-state index < -0.39 is 0 Å². The number of aromatic nitrogens is 3. The molecule has 0 amide bonds. The fourth-order valence-corrected chi connectivity index (χ4v) is 2.61. The molecule has 0 saturated carbocycles. The number of nitrogens with zero attached hydrogens (tertiary/aromatic N) is 3. The number of hydrogen-bond acceptors (Lipinski definition) is 5. The first-order chi connectivity index (χ1) is 8.24. The van der Waals surface area contributed by atoms with Crippen LogP contribution in [0.5, 0.6) is 0 Å². The standard InChI is InChI=1S/C11H13ClN4S/c1-3-8(13-2)10-15-16-11(17-10)9-5-4-7(12)6-14-9/h4-6,8,13H,3H2,1-2H3. The third-order valence-corrected chi connectivity index (χ3v) is 3.72. The third kappa shape index (κ3) is 2.80. The Kier molecular flexibility index (Phi) is 4.04. The van der Waals surface area contributed by atoms with Gasteiger partial charge in [-0.25, -0.2) is 0 Å². The fourth-order valence-electron chi connectivity index (χ4n) is 1.48. The van der Waals surface area contributed by atoms with E-state index in [4.69, 9.17) is 11.6 Å². The van der Waals surface area contributed by atoms with Crippen molar-refractivity contribution in [2.45, 2.75) is 19.4 Å². The summed E-state index contributed by atoms with van der Waals surface area (Å²) in [7, 11) is 1.93. The molecule has 0 aliphatic carbocycles. The molecule has 17 heavy (non-hydrogen) atoms. The fraction of sp³-hybridized carbons (Fsp3) is 0.364. The smallest absolute Gasteiger partial charge is 0.166 e. The van der Waals surface area contributed by atoms with Crippen molar-refractivity contribution in [2.75, 3.05) is 7.05 Å². The van der Waals surface area contributed by atoms with Crippen molar-refractivity contribution in [3.63, 3.8) is 0 Å². The van der Waals surface area contributed by atoms with E-state index in [1.54, 1.807) is 23.6 Å². The maximum atomic E-state index is 5.79. The molecule has 0 radical (unpaired) electrons. The van der Waals surface area contributed by atoms with Crippen molar-refractivity contribution < 1.29 is 0 Å². The zero-order chi connectivity index (χ0) is 12.3. The molecule has 6 heteroatoms. The van der Waals surface area contributed by atoms with Crippen LogP contribution in [-0.2, 0) is 0 Å². The van der Waals surface area contributed by atoms with Crippen LogP contribution in [0.15, 0.2) is 18.3 Å². The Labute approximate surface area is 109 Å². The van der Waals surface area contributed by atoms with Crippen LogP contribution in [0.2, 0.25) is 5.02 Å². The van der Waals surface area contributed by atoms with Crippen molar-refractivity contribution in [1.82, 2.24) is 20.5 Å². The summed E-state index contributed by atoms with van der Waals surface area (Å²) in [6, 6.07) is 3.92. The molecule has 0 aliphatic rings. The van der Waals surface area contributed by atoms with Gasteiger partial charge in [-0.1, -0.05) is 29.9 Å². The van der Waals surface area contributed by atoms with E-state index in [0.29, 0.717) is 5.02 Å². The zero-order valence-electron chi connectivity index (χ0n) is 9.64. The van der Waals surface area contributed by atoms with Crippen LogP contribution in [0, 0.1) is 0 Å². The highest BCUT2D eigenvalue weighted by molar-refractivity contribution is 7.14. The molecular formula is C11H13ClN4S. The minimum Gasteiger partial charge on any atom is -0.311 e. The molecule has 1 N–H and O–H groups in total. The summed E-state index contributed by atoms with van der Waals surface area (Å²) in [6.07, 6.45) is 2.60. The molecule has 1 unspecified atom stereocenters. The Bertz CT molecular complexity index is 478. The van der Waals surface area contributed by atoms with Gasteiger partial charge in [0.2, 0.25) is 0 Å². The van der Waals surface area contributed by atoms with Crippen molar-refractivity contribution in [3.05, 3.63) is 28.4 Å². The number of nitrogens with one attached hydrogen (secondary N) is 1. The first-order valence-electron chi connectivity index (χ1n) is 5.37. The highest BCUT2D eigenvalue weighted by Crippen LogP contribution is 2.27. The molecule has 0 aliphatic heterocycles. The van der Waals surface area contributed by atoms with E-state index in [0.717, 1.165) is 22.1 Å². The van der Waals surface area contributed by atoms with Crippen molar-refractivity contribution in [1.29, 1.82) is 0 Å². The quantitative estimate of drug-likeness (QED) is 0.926. The molecule has 0 saturated heterocycles. The normalized spacial score (nSPS) is 12.6. The molecule has 2 heterocycles. The first-order valence-corrected chi connectivity index (χ1v) is 6.56. The van der Waals surface area contributed by atoms with Gasteiger partial charge >= 0.3 is 0 Å². The maximum absolute atomic E-state index is 5.79. The van der Waals surface area contributed by atoms with Crippen LogP contribution < -0.4 is 5.32 Å². The Morgan fingerprint density at radius 2 is 2.24 bits per heavy atom. The topological polar surface area (TPSA) is 50.7 Å². The number of rotatable bonds is 4. The SMILES string of the molecule is CCC(NC)c1nnc(-c2ccc(Cl)cn2)s1. The van der Waals surface area contributed by atoms with E-state index in [-0.39, 0.29) is 6.04 Å². The molecule has 0 spiro atoms. The summed E-state index contributed by atoms with van der Waals surface area (Å²) in [4.78, 5) is 4.23. The maximum Gasteiger partial charge on any atom is 0.166 e. The van der Waals surface area contributed by atoms with E-state index in [1.165, 1.54) is 0 Å². The lowest BCUT2D eigenvalue weighted by Gasteiger charge is -2.07. The molecular weight excluding hydrogens is 256 g/mol. The zero-order valence-corrected chi connectivity index (χ0v) is 11.2. The largest absolute Gasteiger partial charge is 0.311 e. The van der Waals surface area contributed by atoms with Crippen LogP contribution >= 0.6 is 22.9 Å². The summed E-state index contributed by atoms with van der Waals surface area (Å²) < 4.78 is 0. The first kappa shape index (κ1) is 12.4. The highest BCUT2D eigenvalue weighted by atomic mass is 35.5. The minimum absolute atomic E-state index is 0.258. The lowest BCUT2D eigenvalue weighted by Crippen LogP contribution is -2.14. The second kappa shape index (κ2) is 5.53. The molecule has 4 nitrogen and oxygen atoms in total. The van der Waals surface area contributed by atoms with Crippen LogP contribution in [0.1, 0.15) is 24.4 Å². The molecule has 2 aromatic heterocycles. The van der Waals surface area contributed by atoms with E-state index >= 15 is 0 Å². The predicted octanol–water partition coefficient (Wildman–Crippen LogP) is 2.92. The van der Waals surface area contributed by atoms with Gasteiger partial charge in [-0.05, 0) is 25.6 Å². The number of hydrogen-bond donors (Lipinski definition) is 1. The second-order valence-corrected chi connectivity index (χ2v) is 5.00. The van der Waals surface area contributed by atoms with Crippen molar-refractivity contribution in [3.8, 4) is 10.7 Å². The van der Waals surface area contributed by atoms with Gasteiger partial charge in [0.05, 0.1) is 11.1 Å². The van der Waals surface area contributed by atoms with Crippen LogP contribution in [0.3, 0.4) is 0 Å². The molecule has 0 bridgehead atoms. The molecule has 0 aromatic carbocycles. The van der Waals surface area contributed by atoms with Crippen LogP contribution in [-0.4, -0.2) is 22.2 Å². The lowest BCUT2D eigenvalue weighted by molar-refractivity contribution is 0.568. The molecule has 2 aromatic rings. The Morgan fingerprint density at radius 3 is 2.82 bits per heavy atom. The summed E-state index contributed by atoms with van der Waals surface area (Å²) in [5, 5.41) is 14.0. The highest BCUT2D eigenvalue weighted by Gasteiger charge is 2.14. The van der Waals surface area contributed by atoms with Gasteiger partial charge in [0.1, 0.15) is 10.7 Å². The summed E-state index contributed by atoms with van der Waals surface area (Å²) in [5.74, 6) is 0. The minimum atomic E-state index is 0.258. The predicted molar refractivity (Wildman–Crippen MR) is 70.2 cm³/mol. The van der Waals surface area contributed by atoms with Gasteiger partial charge < -0.3 is 5.32 Å². The number of pyridine rings is 1. The van der Waals surface area contributed by atoms with Gasteiger partial charge in [-0.3, -0.25) is 4.98 Å². The summed E-state index contributed by atoms with van der Waals surface area (Å²) in [6.45, 7) is 2.11. The third-order valence-electron chi connectivity index (χ3n) is 2.44. The molecule has 0 fully saturated rings. The summed E-state index contributed by atoms with van der Waals surface area (Å²) in [5.41, 5.74) is 0.809. The Balaban J connectivity index is 2.26.